The van der Waals surface area contributed by atoms with E-state index in [-0.39, 0.29) is 58.0 Å². The average Bonchev–Trinajstić information content (AvgIpc) is 3.04. The first-order valence-corrected chi connectivity index (χ1v) is 14.3. The Morgan fingerprint density at radius 3 is 2.28 bits per heavy atom. The summed E-state index contributed by atoms with van der Waals surface area (Å²) in [5, 5.41) is 41.1. The van der Waals surface area contributed by atoms with E-state index in [1.807, 2.05) is 0 Å². The van der Waals surface area contributed by atoms with Gasteiger partial charge in [0.1, 0.15) is 40.7 Å². The summed E-state index contributed by atoms with van der Waals surface area (Å²) < 4.78 is 34.4. The zero-order chi connectivity index (χ0) is 33.4. The normalized spacial score (nSPS) is 19.6. The van der Waals surface area contributed by atoms with E-state index < -0.39 is 47.9 Å². The fourth-order valence-electron chi connectivity index (χ4n) is 5.38. The Balaban J connectivity index is 1.30. The molecular weight excluding hydrogens is 616 g/mol. The van der Waals surface area contributed by atoms with E-state index in [9.17, 15) is 34.8 Å². The first-order valence-electron chi connectivity index (χ1n) is 14.3. The van der Waals surface area contributed by atoms with Gasteiger partial charge in [-0.3, -0.25) is 9.59 Å². The van der Waals surface area contributed by atoms with Gasteiger partial charge >= 0.3 is 11.9 Å². The van der Waals surface area contributed by atoms with Gasteiger partial charge in [-0.05, 0) is 42.0 Å². The first-order chi connectivity index (χ1) is 22.5. The summed E-state index contributed by atoms with van der Waals surface area (Å²) in [6.07, 6.45) is -4.78. The Bertz CT molecular complexity index is 1880. The Morgan fingerprint density at radius 1 is 0.787 bits per heavy atom. The molecule has 0 bridgehead atoms. The molecule has 0 aliphatic carbocycles. The highest BCUT2D eigenvalue weighted by Gasteiger charge is 2.41. The number of carbonyl (C=O) groups is 3. The number of phenolic OH excluding ortho intramolecular Hbond substituents is 3. The van der Waals surface area contributed by atoms with Crippen molar-refractivity contribution in [1.82, 2.24) is 0 Å². The third-order valence-corrected chi connectivity index (χ3v) is 7.56. The van der Waals surface area contributed by atoms with Crippen molar-refractivity contribution < 1.29 is 63.2 Å². The molecule has 13 nitrogen and oxygen atoms in total. The van der Waals surface area contributed by atoms with Crippen LogP contribution in [-0.2, 0) is 9.53 Å². The van der Waals surface area contributed by atoms with E-state index in [1.165, 1.54) is 50.4 Å². The van der Waals surface area contributed by atoms with Crippen LogP contribution in [0.25, 0.3) is 0 Å². The number of rotatable bonds is 7. The van der Waals surface area contributed by atoms with Crippen molar-refractivity contribution in [3.63, 3.8) is 0 Å². The quantitative estimate of drug-likeness (QED) is 0.166. The summed E-state index contributed by atoms with van der Waals surface area (Å²) >= 11 is 0. The van der Waals surface area contributed by atoms with E-state index in [1.54, 1.807) is 24.3 Å². The smallest absolute Gasteiger partial charge is 0.342 e. The molecule has 0 saturated carbocycles. The van der Waals surface area contributed by atoms with Crippen LogP contribution in [0.3, 0.4) is 0 Å². The van der Waals surface area contributed by atoms with Gasteiger partial charge in [0.05, 0.1) is 7.11 Å². The summed E-state index contributed by atoms with van der Waals surface area (Å²) in [6, 6.07) is 17.3. The molecule has 6 rings (SSSR count). The van der Waals surface area contributed by atoms with Crippen LogP contribution in [-0.4, -0.2) is 64.1 Å². The maximum atomic E-state index is 13.1. The second kappa shape index (κ2) is 12.4. The molecule has 4 aromatic rings. The van der Waals surface area contributed by atoms with Crippen molar-refractivity contribution in [2.45, 2.75) is 31.3 Å². The lowest BCUT2D eigenvalue weighted by molar-refractivity contribution is -0.131. The highest BCUT2D eigenvalue weighted by molar-refractivity contribution is 6.05. The standard InChI is InChI=1S/C34H28O13/c1-16(35)44-23-6-4-3-5-20(23)34(41)43-15-28-32(17-7-9-21(37)25(11-17)42-2)46-26-12-18(8-10-24(26)45-28)33-31(40)30(39)29-22(38)13-19(36)14-27(29)47-33/h3-14,28,31-33,36-38,40H,15H2,1-2H3/t28-,31?,32?,33-/m0/s1. The lowest BCUT2D eigenvalue weighted by atomic mass is 9.92. The summed E-state index contributed by atoms with van der Waals surface area (Å²) in [5.41, 5.74) is 0.575. The third-order valence-electron chi connectivity index (χ3n) is 7.56. The van der Waals surface area contributed by atoms with Gasteiger partial charge in [-0.2, -0.15) is 0 Å². The number of hydrogen-bond acceptors (Lipinski definition) is 13. The summed E-state index contributed by atoms with van der Waals surface area (Å²) in [7, 11) is 1.38. The van der Waals surface area contributed by atoms with Gasteiger partial charge in [0.15, 0.2) is 47.4 Å². The predicted octanol–water partition coefficient (Wildman–Crippen LogP) is 4.15. The second-order valence-corrected chi connectivity index (χ2v) is 10.7. The number of carbonyl (C=O) groups excluding carboxylic acids is 3. The highest BCUT2D eigenvalue weighted by atomic mass is 16.6. The molecule has 4 atom stereocenters. The molecule has 13 heteroatoms. The number of phenols is 3. The van der Waals surface area contributed by atoms with Crippen LogP contribution in [0.4, 0.5) is 0 Å². The number of para-hydroxylation sites is 1. The Hall–Kier alpha value is -5.95. The number of aromatic hydroxyl groups is 3. The maximum absolute atomic E-state index is 13.1. The molecule has 4 N–H and O–H groups in total. The van der Waals surface area contributed by atoms with Gasteiger partial charge < -0.3 is 48.8 Å². The number of methoxy groups -OCH3 is 1. The van der Waals surface area contributed by atoms with Gasteiger partial charge in [-0.15, -0.1) is 0 Å². The van der Waals surface area contributed by atoms with Crippen LogP contribution in [0.15, 0.2) is 72.8 Å². The topological polar surface area (TPSA) is 188 Å². The van der Waals surface area contributed by atoms with Crippen molar-refractivity contribution in [1.29, 1.82) is 0 Å². The van der Waals surface area contributed by atoms with Crippen molar-refractivity contribution in [2.24, 2.45) is 0 Å². The minimum atomic E-state index is -1.69. The summed E-state index contributed by atoms with van der Waals surface area (Å²) in [6.45, 7) is 0.896. The van der Waals surface area contributed by atoms with Crippen molar-refractivity contribution >= 4 is 17.7 Å². The summed E-state index contributed by atoms with van der Waals surface area (Å²) in [4.78, 5) is 37.6. The fourth-order valence-corrected chi connectivity index (χ4v) is 5.38. The second-order valence-electron chi connectivity index (χ2n) is 10.7. The van der Waals surface area contributed by atoms with E-state index in [0.717, 1.165) is 12.1 Å². The molecule has 0 aromatic heterocycles. The van der Waals surface area contributed by atoms with E-state index in [4.69, 9.17) is 28.4 Å². The van der Waals surface area contributed by atoms with Gasteiger partial charge in [-0.25, -0.2) is 4.79 Å². The largest absolute Gasteiger partial charge is 0.508 e. The third kappa shape index (κ3) is 6.03. The lowest BCUT2D eigenvalue weighted by Crippen LogP contribution is -2.38. The minimum Gasteiger partial charge on any atom is -0.508 e. The molecular formula is C34H28O13. The lowest BCUT2D eigenvalue weighted by Gasteiger charge is -2.35. The fraction of sp³-hybridized carbons (Fsp3) is 0.206. The van der Waals surface area contributed by atoms with Crippen LogP contribution >= 0.6 is 0 Å². The molecule has 2 unspecified atom stereocenters. The van der Waals surface area contributed by atoms with Crippen LogP contribution < -0.4 is 23.7 Å². The number of aliphatic hydroxyl groups excluding tert-OH is 1. The summed E-state index contributed by atoms with van der Waals surface area (Å²) in [5.74, 6) is -2.66. The molecule has 2 aliphatic heterocycles. The number of ketones is 1. The first kappa shape index (κ1) is 31.0. The van der Waals surface area contributed by atoms with Crippen LogP contribution in [0.2, 0.25) is 0 Å². The van der Waals surface area contributed by atoms with Crippen molar-refractivity contribution in [3.8, 4) is 46.0 Å². The molecule has 4 aromatic carbocycles. The number of Topliss-reactive ketones (excluding diaryl/α,β-unsaturated/α-hetero) is 1. The molecule has 2 aliphatic rings. The number of esters is 2. The van der Waals surface area contributed by atoms with Gasteiger partial charge in [0.25, 0.3) is 0 Å². The van der Waals surface area contributed by atoms with Crippen molar-refractivity contribution in [3.05, 3.63) is 95.1 Å². The van der Waals surface area contributed by atoms with Gasteiger partial charge in [-0.1, -0.05) is 24.3 Å². The molecule has 242 valence electrons. The number of aliphatic hydroxyl groups is 1. The predicted molar refractivity (Wildman–Crippen MR) is 160 cm³/mol. The Morgan fingerprint density at radius 2 is 1.51 bits per heavy atom. The van der Waals surface area contributed by atoms with Gasteiger partial charge in [0, 0.05) is 24.6 Å². The molecule has 0 fully saturated rings. The molecule has 47 heavy (non-hydrogen) atoms. The molecule has 0 amide bonds. The number of hydrogen-bond donors (Lipinski definition) is 4. The van der Waals surface area contributed by atoms with E-state index in [2.05, 4.69) is 0 Å². The Labute approximate surface area is 267 Å². The molecule has 0 saturated heterocycles. The van der Waals surface area contributed by atoms with Gasteiger partial charge in [0.2, 0.25) is 5.78 Å². The molecule has 0 spiro atoms. The van der Waals surface area contributed by atoms with Crippen molar-refractivity contribution in [2.75, 3.05) is 13.7 Å². The molecule has 2 heterocycles. The number of benzene rings is 4. The number of ether oxygens (including phenoxy) is 6. The zero-order valence-electron chi connectivity index (χ0n) is 24.9. The van der Waals surface area contributed by atoms with E-state index in [0.29, 0.717) is 11.1 Å². The Kier molecular flexibility index (Phi) is 8.22. The monoisotopic (exact) mass is 644 g/mol. The van der Waals surface area contributed by atoms with E-state index >= 15 is 0 Å². The highest BCUT2D eigenvalue weighted by Crippen LogP contribution is 2.46. The maximum Gasteiger partial charge on any atom is 0.342 e. The average molecular weight is 645 g/mol. The van der Waals surface area contributed by atoms with Crippen LogP contribution in [0.5, 0.6) is 46.0 Å². The van der Waals surface area contributed by atoms with Crippen LogP contribution in [0.1, 0.15) is 51.0 Å². The van der Waals surface area contributed by atoms with Crippen LogP contribution in [0, 0.1) is 0 Å². The zero-order valence-corrected chi connectivity index (χ0v) is 24.9. The molecule has 0 radical (unpaired) electrons. The SMILES string of the molecule is COc1cc(C2Oc3cc([C@@H]4Oc5cc(O)cc(O)c5C(=O)C4O)ccc3O[C@H]2COC(=O)c2ccccc2OC(C)=O)ccc1O. The number of fused-ring (bicyclic) bond motifs is 2. The minimum absolute atomic E-state index is 0.0242.